The largest absolute Gasteiger partial charge is 0.493 e. The first kappa shape index (κ1) is 12.6. The summed E-state index contributed by atoms with van der Waals surface area (Å²) in [4.78, 5) is 4.17. The molecule has 0 radical (unpaired) electrons. The van der Waals surface area contributed by atoms with E-state index in [0.29, 0.717) is 12.3 Å². The Morgan fingerprint density at radius 3 is 2.83 bits per heavy atom. The first-order valence-electron chi connectivity index (χ1n) is 6.10. The molecule has 0 aliphatic rings. The van der Waals surface area contributed by atoms with Crippen LogP contribution in [0.4, 0.5) is 0 Å². The lowest BCUT2D eigenvalue weighted by Gasteiger charge is -2.14. The van der Waals surface area contributed by atoms with Crippen molar-refractivity contribution in [3.8, 4) is 5.75 Å². The van der Waals surface area contributed by atoms with E-state index in [9.17, 15) is 5.11 Å². The summed E-state index contributed by atoms with van der Waals surface area (Å²) in [5.41, 5.74) is 1.38. The highest BCUT2D eigenvalue weighted by Crippen LogP contribution is 2.28. The fraction of sp³-hybridized carbons (Fsp3) is 0.357. The topological polar surface area (TPSA) is 47.3 Å². The smallest absolute Gasteiger partial charge is 0.126 e. The minimum absolute atomic E-state index is 0.630. The molecule has 0 spiro atoms. The zero-order valence-electron chi connectivity index (χ0n) is 10.7. The van der Waals surface area contributed by atoms with E-state index in [0.717, 1.165) is 17.7 Å². The number of nitrogens with zero attached hydrogens (tertiary/aromatic N) is 2. The van der Waals surface area contributed by atoms with Crippen molar-refractivity contribution in [3.05, 3.63) is 48.0 Å². The van der Waals surface area contributed by atoms with Crippen molar-refractivity contribution in [1.29, 1.82) is 0 Å². The molecule has 1 N–H and O–H groups in total. The molecule has 96 valence electrons. The van der Waals surface area contributed by atoms with Gasteiger partial charge >= 0.3 is 0 Å². The predicted molar refractivity (Wildman–Crippen MR) is 69.5 cm³/mol. The molecular formula is C14H18N2O2. The number of hydrogen-bond acceptors (Lipinski definition) is 3. The first-order chi connectivity index (χ1) is 8.72. The Labute approximate surface area is 107 Å². The molecule has 0 bridgehead atoms. The van der Waals surface area contributed by atoms with Gasteiger partial charge in [-0.3, -0.25) is 0 Å². The van der Waals surface area contributed by atoms with Gasteiger partial charge in [-0.1, -0.05) is 25.1 Å². The molecule has 1 aromatic carbocycles. The van der Waals surface area contributed by atoms with E-state index < -0.39 is 6.10 Å². The van der Waals surface area contributed by atoms with Crippen molar-refractivity contribution in [1.82, 2.24) is 9.55 Å². The minimum atomic E-state index is -0.751. The maximum Gasteiger partial charge on any atom is 0.126 e. The molecule has 1 atom stereocenters. The standard InChI is InChI=1S/C14H18N2O2/c1-3-8-18-13-7-5-4-6-11(13)14(17)12-9-16(2)10-15-12/h4-7,9-10,14,17H,3,8H2,1-2H3. The number of imidazole rings is 1. The van der Waals surface area contributed by atoms with Crippen LogP contribution >= 0.6 is 0 Å². The van der Waals surface area contributed by atoms with Crippen LogP contribution in [0, 0.1) is 0 Å². The minimum Gasteiger partial charge on any atom is -0.493 e. The second kappa shape index (κ2) is 5.69. The number of para-hydroxylation sites is 1. The van der Waals surface area contributed by atoms with Gasteiger partial charge < -0.3 is 14.4 Å². The Kier molecular flexibility index (Phi) is 3.99. The average molecular weight is 246 g/mol. The number of rotatable bonds is 5. The van der Waals surface area contributed by atoms with Gasteiger partial charge in [0.05, 0.1) is 18.6 Å². The molecule has 4 nitrogen and oxygen atoms in total. The summed E-state index contributed by atoms with van der Waals surface area (Å²) in [5, 5.41) is 10.3. The molecule has 0 aliphatic carbocycles. The quantitative estimate of drug-likeness (QED) is 0.880. The van der Waals surface area contributed by atoms with E-state index in [1.807, 2.05) is 35.9 Å². The van der Waals surface area contributed by atoms with E-state index in [1.54, 1.807) is 12.5 Å². The number of aromatic nitrogens is 2. The highest BCUT2D eigenvalue weighted by atomic mass is 16.5. The lowest BCUT2D eigenvalue weighted by molar-refractivity contribution is 0.206. The van der Waals surface area contributed by atoms with Gasteiger partial charge in [0.25, 0.3) is 0 Å². The number of aliphatic hydroxyl groups excluding tert-OH is 1. The van der Waals surface area contributed by atoms with Crippen molar-refractivity contribution in [2.45, 2.75) is 19.4 Å². The Hall–Kier alpha value is -1.81. The SMILES string of the molecule is CCCOc1ccccc1C(O)c1cn(C)cn1. The van der Waals surface area contributed by atoms with Crippen molar-refractivity contribution in [3.63, 3.8) is 0 Å². The second-order valence-electron chi connectivity index (χ2n) is 4.25. The maximum atomic E-state index is 10.3. The zero-order chi connectivity index (χ0) is 13.0. The average Bonchev–Trinajstić information content (AvgIpc) is 2.82. The third-order valence-electron chi connectivity index (χ3n) is 2.68. The van der Waals surface area contributed by atoms with Crippen LogP contribution in [0.25, 0.3) is 0 Å². The molecule has 0 fully saturated rings. The summed E-state index contributed by atoms with van der Waals surface area (Å²) in [6.07, 6.45) is 3.67. The highest BCUT2D eigenvalue weighted by molar-refractivity contribution is 5.38. The molecule has 1 heterocycles. The summed E-state index contributed by atoms with van der Waals surface area (Å²) in [5.74, 6) is 0.720. The molecule has 4 heteroatoms. The van der Waals surface area contributed by atoms with Gasteiger partial charge in [0.15, 0.2) is 0 Å². The summed E-state index contributed by atoms with van der Waals surface area (Å²) in [6.45, 7) is 2.70. The Bertz CT molecular complexity index is 508. The van der Waals surface area contributed by atoms with Gasteiger partial charge in [-0.2, -0.15) is 0 Å². The lowest BCUT2D eigenvalue weighted by Crippen LogP contribution is -2.05. The normalized spacial score (nSPS) is 12.4. The molecular weight excluding hydrogens is 228 g/mol. The summed E-state index contributed by atoms with van der Waals surface area (Å²) >= 11 is 0. The van der Waals surface area contributed by atoms with Crippen LogP contribution in [-0.2, 0) is 7.05 Å². The van der Waals surface area contributed by atoms with Crippen molar-refractivity contribution in [2.75, 3.05) is 6.61 Å². The molecule has 2 aromatic rings. The van der Waals surface area contributed by atoms with E-state index in [1.165, 1.54) is 0 Å². The van der Waals surface area contributed by atoms with Crippen LogP contribution in [0.3, 0.4) is 0 Å². The Morgan fingerprint density at radius 1 is 1.39 bits per heavy atom. The van der Waals surface area contributed by atoms with Crippen molar-refractivity contribution < 1.29 is 9.84 Å². The van der Waals surface area contributed by atoms with Crippen molar-refractivity contribution >= 4 is 0 Å². The molecule has 2 rings (SSSR count). The van der Waals surface area contributed by atoms with E-state index in [4.69, 9.17) is 4.74 Å². The van der Waals surface area contributed by atoms with Crippen LogP contribution in [0.15, 0.2) is 36.8 Å². The zero-order valence-corrected chi connectivity index (χ0v) is 10.7. The third-order valence-corrected chi connectivity index (χ3v) is 2.68. The molecule has 0 saturated heterocycles. The summed E-state index contributed by atoms with van der Waals surface area (Å²) in [6, 6.07) is 7.53. The summed E-state index contributed by atoms with van der Waals surface area (Å²) in [7, 11) is 1.88. The van der Waals surface area contributed by atoms with Gasteiger partial charge in [0.1, 0.15) is 11.9 Å². The first-order valence-corrected chi connectivity index (χ1v) is 6.10. The summed E-state index contributed by atoms with van der Waals surface area (Å²) < 4.78 is 7.45. The highest BCUT2D eigenvalue weighted by Gasteiger charge is 2.17. The Balaban J connectivity index is 2.26. The van der Waals surface area contributed by atoms with Gasteiger partial charge in [-0.05, 0) is 12.5 Å². The lowest BCUT2D eigenvalue weighted by atomic mass is 10.1. The van der Waals surface area contributed by atoms with Gasteiger partial charge in [0, 0.05) is 18.8 Å². The van der Waals surface area contributed by atoms with Crippen molar-refractivity contribution in [2.24, 2.45) is 7.05 Å². The number of benzene rings is 1. The molecule has 18 heavy (non-hydrogen) atoms. The third kappa shape index (κ3) is 2.71. The monoisotopic (exact) mass is 246 g/mol. The van der Waals surface area contributed by atoms with Crippen LogP contribution in [0.2, 0.25) is 0 Å². The van der Waals surface area contributed by atoms with E-state index in [-0.39, 0.29) is 0 Å². The molecule has 1 aromatic heterocycles. The Morgan fingerprint density at radius 2 is 2.17 bits per heavy atom. The fourth-order valence-corrected chi connectivity index (χ4v) is 1.78. The van der Waals surface area contributed by atoms with E-state index in [2.05, 4.69) is 11.9 Å². The number of ether oxygens (including phenoxy) is 1. The van der Waals surface area contributed by atoms with Crippen LogP contribution in [0.5, 0.6) is 5.75 Å². The van der Waals surface area contributed by atoms with Gasteiger partial charge in [-0.15, -0.1) is 0 Å². The molecule has 0 aliphatic heterocycles. The van der Waals surface area contributed by atoms with Crippen LogP contribution in [0.1, 0.15) is 30.7 Å². The second-order valence-corrected chi connectivity index (χ2v) is 4.25. The predicted octanol–water partition coefficient (Wildman–Crippen LogP) is 2.29. The molecule has 0 amide bonds. The number of hydrogen-bond donors (Lipinski definition) is 1. The van der Waals surface area contributed by atoms with Gasteiger partial charge in [0.2, 0.25) is 0 Å². The molecule has 0 saturated carbocycles. The van der Waals surface area contributed by atoms with Crippen LogP contribution < -0.4 is 4.74 Å². The fourth-order valence-electron chi connectivity index (χ4n) is 1.78. The number of aliphatic hydroxyl groups is 1. The van der Waals surface area contributed by atoms with Gasteiger partial charge in [-0.25, -0.2) is 4.98 Å². The molecule has 1 unspecified atom stereocenters. The maximum absolute atomic E-state index is 10.3. The number of aryl methyl sites for hydroxylation is 1. The van der Waals surface area contributed by atoms with E-state index >= 15 is 0 Å². The van der Waals surface area contributed by atoms with Crippen LogP contribution in [-0.4, -0.2) is 21.3 Å².